The van der Waals surface area contributed by atoms with Gasteiger partial charge in [0.2, 0.25) is 11.8 Å². The number of fused-ring (bicyclic) bond motifs is 1. The summed E-state index contributed by atoms with van der Waals surface area (Å²) in [4.78, 5) is 45.2. The van der Waals surface area contributed by atoms with Crippen molar-refractivity contribution in [1.29, 1.82) is 0 Å². The molecule has 1 aliphatic carbocycles. The molecule has 1 unspecified atom stereocenters. The first kappa shape index (κ1) is 27.7. The number of hydrogen-bond donors (Lipinski definition) is 3. The molecule has 2 aliphatic rings. The van der Waals surface area contributed by atoms with Gasteiger partial charge < -0.3 is 21.1 Å². The van der Waals surface area contributed by atoms with E-state index < -0.39 is 23.8 Å². The van der Waals surface area contributed by atoms with Gasteiger partial charge in [-0.25, -0.2) is 9.78 Å². The molecule has 1 fully saturated rings. The van der Waals surface area contributed by atoms with E-state index in [9.17, 15) is 14.4 Å². The normalized spacial score (nSPS) is 21.5. The van der Waals surface area contributed by atoms with Crippen molar-refractivity contribution in [3.63, 3.8) is 0 Å². The second-order valence-electron chi connectivity index (χ2n) is 11.2. The van der Waals surface area contributed by atoms with E-state index in [1.807, 2.05) is 30.3 Å². The van der Waals surface area contributed by atoms with E-state index >= 15 is 0 Å². The van der Waals surface area contributed by atoms with Gasteiger partial charge in [-0.2, -0.15) is 0 Å². The second-order valence-corrected chi connectivity index (χ2v) is 11.6. The van der Waals surface area contributed by atoms with Crippen LogP contribution in [-0.4, -0.2) is 52.0 Å². The van der Waals surface area contributed by atoms with Crippen LogP contribution >= 0.6 is 11.6 Å². The van der Waals surface area contributed by atoms with E-state index in [2.05, 4.69) is 15.6 Å². The number of halogens is 1. The average Bonchev–Trinajstić information content (AvgIpc) is 3.43. The summed E-state index contributed by atoms with van der Waals surface area (Å²) >= 11 is 6.01. The molecule has 1 aliphatic heterocycles. The third-order valence-corrected chi connectivity index (χ3v) is 7.15. The highest BCUT2D eigenvalue weighted by Gasteiger charge is 2.42. The highest BCUT2D eigenvalue weighted by Crippen LogP contribution is 2.31. The van der Waals surface area contributed by atoms with Gasteiger partial charge >= 0.3 is 6.09 Å². The van der Waals surface area contributed by atoms with Gasteiger partial charge in [-0.05, 0) is 88.6 Å². The Balaban J connectivity index is 1.41. The largest absolute Gasteiger partial charge is 0.444 e. The first-order chi connectivity index (χ1) is 17.9. The molecule has 4 N–H and O–H groups in total. The number of likely N-dealkylation sites (tertiary alicyclic amines) is 1. The summed E-state index contributed by atoms with van der Waals surface area (Å²) in [7, 11) is 0. The monoisotopic (exact) mass is 541 g/mol. The molecule has 1 aromatic carbocycles. The summed E-state index contributed by atoms with van der Waals surface area (Å²) < 4.78 is 5.59. The molecule has 204 valence electrons. The molecule has 2 heterocycles. The SMILES string of the molecule is C[C@H](NC(=O)[C@H]1C[C@H](Cc2ccc(Cl)cc2)CN1C(=O)OC(C)(C)C)C(=O)NC1CCc2nc(N)ccc21. The quantitative estimate of drug-likeness (QED) is 0.510. The second kappa shape index (κ2) is 11.2. The van der Waals surface area contributed by atoms with E-state index in [0.717, 1.165) is 29.7 Å². The first-order valence-electron chi connectivity index (χ1n) is 13.0. The molecule has 0 radical (unpaired) electrons. The van der Waals surface area contributed by atoms with E-state index in [1.165, 1.54) is 4.90 Å². The van der Waals surface area contributed by atoms with Gasteiger partial charge in [-0.1, -0.05) is 29.8 Å². The number of hydrogen-bond acceptors (Lipinski definition) is 6. The molecule has 0 spiro atoms. The van der Waals surface area contributed by atoms with Crippen LogP contribution < -0.4 is 16.4 Å². The lowest BCUT2D eigenvalue weighted by molar-refractivity contribution is -0.131. The van der Waals surface area contributed by atoms with Crippen molar-refractivity contribution >= 4 is 35.3 Å². The minimum Gasteiger partial charge on any atom is -0.444 e. The minimum absolute atomic E-state index is 0.0542. The number of anilines is 1. The molecule has 2 aromatic rings. The predicted octanol–water partition coefficient (Wildman–Crippen LogP) is 3.79. The Labute approximate surface area is 228 Å². The number of aryl methyl sites for hydroxylation is 1. The van der Waals surface area contributed by atoms with Crippen LogP contribution in [-0.2, 0) is 27.2 Å². The maximum atomic E-state index is 13.4. The zero-order valence-electron chi connectivity index (χ0n) is 22.3. The maximum Gasteiger partial charge on any atom is 0.410 e. The predicted molar refractivity (Wildman–Crippen MR) is 145 cm³/mol. The zero-order chi connectivity index (χ0) is 27.6. The summed E-state index contributed by atoms with van der Waals surface area (Å²) in [5, 5.41) is 6.48. The van der Waals surface area contributed by atoms with E-state index in [4.69, 9.17) is 22.1 Å². The number of aromatic nitrogens is 1. The van der Waals surface area contributed by atoms with Crippen LogP contribution in [0.2, 0.25) is 5.02 Å². The Morgan fingerprint density at radius 1 is 1.18 bits per heavy atom. The van der Waals surface area contributed by atoms with Gasteiger partial charge in [0, 0.05) is 17.3 Å². The van der Waals surface area contributed by atoms with Crippen molar-refractivity contribution < 1.29 is 19.1 Å². The highest BCUT2D eigenvalue weighted by atomic mass is 35.5. The summed E-state index contributed by atoms with van der Waals surface area (Å²) in [6, 6.07) is 9.46. The van der Waals surface area contributed by atoms with Crippen molar-refractivity contribution in [2.45, 2.75) is 77.1 Å². The van der Waals surface area contributed by atoms with Gasteiger partial charge in [0.05, 0.1) is 6.04 Å². The van der Waals surface area contributed by atoms with Gasteiger partial charge in [0.25, 0.3) is 0 Å². The standard InChI is InChI=1S/C28H36ClN5O4/c1-16(25(35)33-22-11-10-21-20(22)9-12-24(30)32-21)31-26(36)23-14-18(13-17-5-7-19(29)8-6-17)15-34(23)27(37)38-28(2,3)4/h5-9,12,16,18,22-23H,10-11,13-15H2,1-4H3,(H2,30,32)(H,31,36)(H,33,35)/t16-,18-,22?,23+/m0/s1. The van der Waals surface area contributed by atoms with Crippen molar-refractivity contribution in [3.05, 3.63) is 58.2 Å². The number of amides is 3. The summed E-state index contributed by atoms with van der Waals surface area (Å²) in [6.07, 6.45) is 2.07. The third-order valence-electron chi connectivity index (χ3n) is 6.90. The fourth-order valence-electron chi connectivity index (χ4n) is 5.10. The highest BCUT2D eigenvalue weighted by molar-refractivity contribution is 6.30. The number of nitrogens with one attached hydrogen (secondary N) is 2. The molecule has 1 aromatic heterocycles. The smallest absolute Gasteiger partial charge is 0.410 e. The summed E-state index contributed by atoms with van der Waals surface area (Å²) in [5.41, 5.74) is 7.99. The van der Waals surface area contributed by atoms with Crippen LogP contribution in [0.5, 0.6) is 0 Å². The number of ether oxygens (including phenoxy) is 1. The zero-order valence-corrected chi connectivity index (χ0v) is 23.0. The number of pyridine rings is 1. The van der Waals surface area contributed by atoms with Crippen LogP contribution in [0.25, 0.3) is 0 Å². The molecular formula is C28H36ClN5O4. The Morgan fingerprint density at radius 2 is 1.89 bits per heavy atom. The Hall–Kier alpha value is -3.33. The number of nitrogens with zero attached hydrogens (tertiary/aromatic N) is 2. The summed E-state index contributed by atoms with van der Waals surface area (Å²) in [6.45, 7) is 7.39. The molecule has 3 amide bonds. The molecule has 0 saturated carbocycles. The number of nitrogen functional groups attached to an aromatic ring is 1. The lowest BCUT2D eigenvalue weighted by Crippen LogP contribution is -2.52. The summed E-state index contributed by atoms with van der Waals surface area (Å²) in [5.74, 6) is -0.165. The van der Waals surface area contributed by atoms with Crippen LogP contribution in [0.3, 0.4) is 0 Å². The van der Waals surface area contributed by atoms with E-state index in [-0.39, 0.29) is 23.8 Å². The van der Waals surface area contributed by atoms with Crippen molar-refractivity contribution in [2.24, 2.45) is 5.92 Å². The molecule has 38 heavy (non-hydrogen) atoms. The van der Waals surface area contributed by atoms with Gasteiger partial charge in [0.15, 0.2) is 0 Å². The number of rotatable bonds is 6. The number of benzene rings is 1. The Morgan fingerprint density at radius 3 is 2.58 bits per heavy atom. The van der Waals surface area contributed by atoms with Crippen molar-refractivity contribution in [3.8, 4) is 0 Å². The third kappa shape index (κ3) is 6.75. The van der Waals surface area contributed by atoms with E-state index in [0.29, 0.717) is 30.2 Å². The van der Waals surface area contributed by atoms with Crippen LogP contribution in [0.4, 0.5) is 10.6 Å². The Bertz CT molecular complexity index is 1200. The van der Waals surface area contributed by atoms with E-state index in [1.54, 1.807) is 33.8 Å². The topological polar surface area (TPSA) is 127 Å². The van der Waals surface area contributed by atoms with Crippen molar-refractivity contribution in [1.82, 2.24) is 20.5 Å². The molecule has 4 rings (SSSR count). The lowest BCUT2D eigenvalue weighted by atomic mass is 9.96. The fraction of sp³-hybridized carbons (Fsp3) is 0.500. The number of carbonyl (C=O) groups excluding carboxylic acids is 3. The fourth-order valence-corrected chi connectivity index (χ4v) is 5.23. The number of carbonyl (C=O) groups is 3. The van der Waals surface area contributed by atoms with Crippen molar-refractivity contribution in [2.75, 3.05) is 12.3 Å². The molecule has 9 nitrogen and oxygen atoms in total. The Kier molecular flexibility index (Phi) is 8.16. The maximum absolute atomic E-state index is 13.4. The average molecular weight is 542 g/mol. The molecule has 10 heteroatoms. The van der Waals surface area contributed by atoms with Gasteiger partial charge in [-0.3, -0.25) is 14.5 Å². The lowest BCUT2D eigenvalue weighted by Gasteiger charge is -2.28. The van der Waals surface area contributed by atoms with Crippen LogP contribution in [0.1, 0.15) is 63.4 Å². The molecular weight excluding hydrogens is 506 g/mol. The molecule has 4 atom stereocenters. The van der Waals surface area contributed by atoms with Crippen LogP contribution in [0, 0.1) is 5.92 Å². The van der Waals surface area contributed by atoms with Crippen LogP contribution in [0.15, 0.2) is 36.4 Å². The minimum atomic E-state index is -0.788. The van der Waals surface area contributed by atoms with Gasteiger partial charge in [-0.15, -0.1) is 0 Å². The first-order valence-corrected chi connectivity index (χ1v) is 13.4. The van der Waals surface area contributed by atoms with Gasteiger partial charge in [0.1, 0.15) is 23.5 Å². The molecule has 0 bridgehead atoms. The number of nitrogens with two attached hydrogens (primary N) is 1. The molecule has 1 saturated heterocycles.